The van der Waals surface area contributed by atoms with Gasteiger partial charge in [-0.2, -0.15) is 0 Å². The number of nitrogens with one attached hydrogen (secondary N) is 2. The zero-order valence-electron chi connectivity index (χ0n) is 13.0. The Hall–Kier alpha value is -2.24. The molecular weight excluding hydrogens is 290 g/mol. The fourth-order valence-electron chi connectivity index (χ4n) is 2.74. The number of fused-ring (bicyclic) bond motifs is 1. The number of aromatic nitrogens is 1. The van der Waals surface area contributed by atoms with Gasteiger partial charge in [0.05, 0.1) is 24.6 Å². The maximum Gasteiger partial charge on any atom is 0.225 e. The fourth-order valence-corrected chi connectivity index (χ4v) is 2.74. The molecule has 2 N–H and O–H groups in total. The number of amides is 1. The SMILES string of the molecule is O=C(CCNC[C@@H]1OCCc2ccccc21)Nc1cccnc1. The van der Waals surface area contributed by atoms with Crippen LogP contribution in [0, 0.1) is 0 Å². The van der Waals surface area contributed by atoms with E-state index in [1.807, 2.05) is 12.1 Å². The van der Waals surface area contributed by atoms with E-state index in [1.54, 1.807) is 18.5 Å². The van der Waals surface area contributed by atoms with Crippen LogP contribution in [0.2, 0.25) is 0 Å². The number of rotatable bonds is 6. The lowest BCUT2D eigenvalue weighted by Crippen LogP contribution is -2.29. The summed E-state index contributed by atoms with van der Waals surface area (Å²) in [6.07, 6.45) is 4.78. The minimum absolute atomic E-state index is 0.0181. The largest absolute Gasteiger partial charge is 0.372 e. The van der Waals surface area contributed by atoms with Crippen molar-refractivity contribution < 1.29 is 9.53 Å². The summed E-state index contributed by atoms with van der Waals surface area (Å²) in [5.74, 6) is -0.0181. The standard InChI is InChI=1S/C18H21N3O2/c22-18(21-15-5-3-9-19-12-15)7-10-20-13-17-16-6-2-1-4-14(16)8-11-23-17/h1-6,9,12,17,20H,7-8,10-11,13H2,(H,21,22)/t17-/m0/s1. The Kier molecular flexibility index (Phi) is 5.34. The van der Waals surface area contributed by atoms with E-state index in [-0.39, 0.29) is 12.0 Å². The maximum atomic E-state index is 11.9. The second kappa shape index (κ2) is 7.85. The number of carbonyl (C=O) groups excluding carboxylic acids is 1. The predicted octanol–water partition coefficient (Wildman–Crippen LogP) is 2.31. The topological polar surface area (TPSA) is 63.2 Å². The average Bonchev–Trinajstić information content (AvgIpc) is 2.60. The predicted molar refractivity (Wildman–Crippen MR) is 89.2 cm³/mol. The van der Waals surface area contributed by atoms with Crippen molar-refractivity contribution in [3.05, 3.63) is 59.9 Å². The van der Waals surface area contributed by atoms with E-state index in [0.717, 1.165) is 25.3 Å². The zero-order valence-corrected chi connectivity index (χ0v) is 13.0. The van der Waals surface area contributed by atoms with Gasteiger partial charge in [0.15, 0.2) is 0 Å². The van der Waals surface area contributed by atoms with Crippen LogP contribution in [0.25, 0.3) is 0 Å². The van der Waals surface area contributed by atoms with Crippen LogP contribution < -0.4 is 10.6 Å². The van der Waals surface area contributed by atoms with Gasteiger partial charge in [0, 0.05) is 25.7 Å². The van der Waals surface area contributed by atoms with Crippen LogP contribution >= 0.6 is 0 Å². The van der Waals surface area contributed by atoms with Gasteiger partial charge in [-0.3, -0.25) is 9.78 Å². The highest BCUT2D eigenvalue weighted by Crippen LogP contribution is 2.26. The number of hydrogen-bond acceptors (Lipinski definition) is 4. The molecule has 5 heteroatoms. The van der Waals surface area contributed by atoms with Crippen LogP contribution in [0.5, 0.6) is 0 Å². The third kappa shape index (κ3) is 4.37. The van der Waals surface area contributed by atoms with Gasteiger partial charge in [-0.05, 0) is 29.7 Å². The van der Waals surface area contributed by atoms with E-state index in [2.05, 4.69) is 33.8 Å². The van der Waals surface area contributed by atoms with E-state index >= 15 is 0 Å². The summed E-state index contributed by atoms with van der Waals surface area (Å²) < 4.78 is 5.84. The first-order chi connectivity index (χ1) is 11.3. The van der Waals surface area contributed by atoms with Crippen molar-refractivity contribution in [2.24, 2.45) is 0 Å². The first-order valence-electron chi connectivity index (χ1n) is 7.93. The lowest BCUT2D eigenvalue weighted by atomic mass is 9.97. The highest BCUT2D eigenvalue weighted by Gasteiger charge is 2.19. The molecule has 120 valence electrons. The molecule has 2 aromatic rings. The first kappa shape index (κ1) is 15.6. The van der Waals surface area contributed by atoms with Crippen molar-refractivity contribution >= 4 is 11.6 Å². The second-order valence-electron chi connectivity index (χ2n) is 5.55. The van der Waals surface area contributed by atoms with Crippen molar-refractivity contribution in [1.82, 2.24) is 10.3 Å². The summed E-state index contributed by atoms with van der Waals surface area (Å²) >= 11 is 0. The number of benzene rings is 1. The van der Waals surface area contributed by atoms with Crippen LogP contribution in [0.3, 0.4) is 0 Å². The summed E-state index contributed by atoms with van der Waals surface area (Å²) in [5.41, 5.74) is 3.34. The monoisotopic (exact) mass is 311 g/mol. The Bertz CT molecular complexity index is 646. The van der Waals surface area contributed by atoms with Gasteiger partial charge >= 0.3 is 0 Å². The van der Waals surface area contributed by atoms with E-state index in [9.17, 15) is 4.79 Å². The molecule has 0 saturated heterocycles. The van der Waals surface area contributed by atoms with E-state index < -0.39 is 0 Å². The Balaban J connectivity index is 1.41. The van der Waals surface area contributed by atoms with Crippen molar-refractivity contribution in [1.29, 1.82) is 0 Å². The molecule has 0 bridgehead atoms. The van der Waals surface area contributed by atoms with Gasteiger partial charge < -0.3 is 15.4 Å². The molecule has 1 amide bonds. The number of nitrogens with zero attached hydrogens (tertiary/aromatic N) is 1. The molecule has 3 rings (SSSR count). The number of ether oxygens (including phenoxy) is 1. The molecule has 23 heavy (non-hydrogen) atoms. The normalized spacial score (nSPS) is 16.6. The van der Waals surface area contributed by atoms with Gasteiger partial charge in [0.25, 0.3) is 0 Å². The number of carbonyl (C=O) groups is 1. The zero-order chi connectivity index (χ0) is 15.9. The smallest absolute Gasteiger partial charge is 0.225 e. The molecule has 0 radical (unpaired) electrons. The van der Waals surface area contributed by atoms with Crippen molar-refractivity contribution in [3.8, 4) is 0 Å². The minimum Gasteiger partial charge on any atom is -0.372 e. The summed E-state index contributed by atoms with van der Waals surface area (Å²) in [5, 5.41) is 6.13. The van der Waals surface area contributed by atoms with Crippen LogP contribution in [0.1, 0.15) is 23.7 Å². The molecule has 1 aromatic carbocycles. The highest BCUT2D eigenvalue weighted by molar-refractivity contribution is 5.90. The number of anilines is 1. The molecule has 0 unspecified atom stereocenters. The van der Waals surface area contributed by atoms with Crippen molar-refractivity contribution in [2.45, 2.75) is 18.9 Å². The molecule has 2 heterocycles. The third-order valence-electron chi connectivity index (χ3n) is 3.90. The van der Waals surface area contributed by atoms with Gasteiger partial charge in [-0.15, -0.1) is 0 Å². The molecule has 0 fully saturated rings. The van der Waals surface area contributed by atoms with Crippen LogP contribution in [-0.2, 0) is 16.0 Å². The molecule has 0 spiro atoms. The summed E-state index contributed by atoms with van der Waals surface area (Å²) in [6.45, 7) is 2.09. The molecule has 0 aliphatic carbocycles. The highest BCUT2D eigenvalue weighted by atomic mass is 16.5. The third-order valence-corrected chi connectivity index (χ3v) is 3.90. The molecule has 5 nitrogen and oxygen atoms in total. The van der Waals surface area contributed by atoms with Gasteiger partial charge in [-0.1, -0.05) is 24.3 Å². The lowest BCUT2D eigenvalue weighted by molar-refractivity contribution is -0.116. The van der Waals surface area contributed by atoms with Crippen molar-refractivity contribution in [2.75, 3.05) is 25.0 Å². The molecule has 1 aliphatic heterocycles. The van der Waals surface area contributed by atoms with E-state index in [0.29, 0.717) is 13.0 Å². The Labute approximate surface area is 136 Å². The van der Waals surface area contributed by atoms with E-state index in [1.165, 1.54) is 11.1 Å². The lowest BCUT2D eigenvalue weighted by Gasteiger charge is -2.26. The van der Waals surface area contributed by atoms with Crippen molar-refractivity contribution in [3.63, 3.8) is 0 Å². The summed E-state index contributed by atoms with van der Waals surface area (Å²) in [6, 6.07) is 12.0. The Morgan fingerprint density at radius 3 is 3.04 bits per heavy atom. The fraction of sp³-hybridized carbons (Fsp3) is 0.333. The molecule has 1 atom stereocenters. The van der Waals surface area contributed by atoms with Gasteiger partial charge in [-0.25, -0.2) is 0 Å². The summed E-state index contributed by atoms with van der Waals surface area (Å²) in [4.78, 5) is 15.8. The van der Waals surface area contributed by atoms with Gasteiger partial charge in [0.2, 0.25) is 5.91 Å². The first-order valence-corrected chi connectivity index (χ1v) is 7.93. The Morgan fingerprint density at radius 1 is 1.26 bits per heavy atom. The Morgan fingerprint density at radius 2 is 2.17 bits per heavy atom. The molecule has 1 aliphatic rings. The van der Waals surface area contributed by atoms with Crippen LogP contribution in [0.4, 0.5) is 5.69 Å². The molecule has 1 aromatic heterocycles. The summed E-state index contributed by atoms with van der Waals surface area (Å²) in [7, 11) is 0. The van der Waals surface area contributed by atoms with E-state index in [4.69, 9.17) is 4.74 Å². The molecule has 0 saturated carbocycles. The molecular formula is C18H21N3O2. The minimum atomic E-state index is -0.0181. The van der Waals surface area contributed by atoms with Gasteiger partial charge in [0.1, 0.15) is 0 Å². The van der Waals surface area contributed by atoms with Crippen LogP contribution in [0.15, 0.2) is 48.8 Å². The average molecular weight is 311 g/mol. The number of pyridine rings is 1. The maximum absolute atomic E-state index is 11.9. The number of hydrogen-bond donors (Lipinski definition) is 2. The quantitative estimate of drug-likeness (QED) is 0.804. The van der Waals surface area contributed by atoms with Crippen LogP contribution in [-0.4, -0.2) is 30.6 Å². The second-order valence-corrected chi connectivity index (χ2v) is 5.55.